The van der Waals surface area contributed by atoms with Crippen LogP contribution in [0.5, 0.6) is 0 Å². The van der Waals surface area contributed by atoms with Gasteiger partial charge in [-0.05, 0) is 42.3 Å². The second kappa shape index (κ2) is 10.0. The minimum atomic E-state index is -4.32. The molecule has 8 nitrogen and oxygen atoms in total. The van der Waals surface area contributed by atoms with Gasteiger partial charge in [0.1, 0.15) is 16.8 Å². The van der Waals surface area contributed by atoms with Crippen LogP contribution in [0.4, 0.5) is 20.6 Å². The first-order valence-corrected chi connectivity index (χ1v) is 12.1. The number of hydrogen-bond donors (Lipinski definition) is 3. The van der Waals surface area contributed by atoms with Crippen LogP contribution in [-0.4, -0.2) is 39.5 Å². The maximum Gasteiger partial charge on any atom is 0.321 e. The molecule has 1 heterocycles. The van der Waals surface area contributed by atoms with Gasteiger partial charge in [0.15, 0.2) is 0 Å². The summed E-state index contributed by atoms with van der Waals surface area (Å²) in [5.74, 6) is -1.53. The molecule has 3 aromatic rings. The number of hydrogen-bond acceptors (Lipinski definition) is 4. The van der Waals surface area contributed by atoms with Crippen LogP contribution in [-0.2, 0) is 21.2 Å². The summed E-state index contributed by atoms with van der Waals surface area (Å²) >= 11 is 0. The highest BCUT2D eigenvalue weighted by atomic mass is 32.2. The maximum atomic E-state index is 14.2. The predicted octanol–water partition coefficient (Wildman–Crippen LogP) is 2.88. The third-order valence-corrected chi connectivity index (χ3v) is 6.81. The average molecular weight is 483 g/mol. The zero-order valence-electron chi connectivity index (χ0n) is 18.1. The summed E-state index contributed by atoms with van der Waals surface area (Å²) in [6.45, 7) is 1.02. The second-order valence-electron chi connectivity index (χ2n) is 7.72. The van der Waals surface area contributed by atoms with Gasteiger partial charge in [0, 0.05) is 24.5 Å². The van der Waals surface area contributed by atoms with Gasteiger partial charge >= 0.3 is 6.03 Å². The number of amides is 3. The molecule has 10 heteroatoms. The number of halogens is 1. The zero-order chi connectivity index (χ0) is 24.1. The van der Waals surface area contributed by atoms with E-state index in [0.29, 0.717) is 24.5 Å². The number of rotatable bonds is 8. The number of carbonyl (C=O) groups excluding carboxylic acids is 2. The van der Waals surface area contributed by atoms with E-state index in [1.54, 1.807) is 48.5 Å². The number of nitrogens with zero attached hydrogens (tertiary/aromatic N) is 1. The van der Waals surface area contributed by atoms with Crippen LogP contribution in [0.1, 0.15) is 5.56 Å². The molecular formula is C24H23FN4O4S. The molecule has 0 aromatic heterocycles. The van der Waals surface area contributed by atoms with Crippen LogP contribution in [0.3, 0.4) is 0 Å². The van der Waals surface area contributed by atoms with Crippen molar-refractivity contribution in [3.63, 3.8) is 0 Å². The molecule has 1 atom stereocenters. The predicted molar refractivity (Wildman–Crippen MR) is 126 cm³/mol. The van der Waals surface area contributed by atoms with Gasteiger partial charge in [-0.2, -0.15) is 4.72 Å². The first-order chi connectivity index (χ1) is 16.3. The zero-order valence-corrected chi connectivity index (χ0v) is 18.9. The van der Waals surface area contributed by atoms with Gasteiger partial charge in [-0.1, -0.05) is 48.5 Å². The first-order valence-electron chi connectivity index (χ1n) is 10.6. The average Bonchev–Trinajstić information content (AvgIpc) is 3.25. The smallest absolute Gasteiger partial charge is 0.321 e. The van der Waals surface area contributed by atoms with E-state index in [-0.39, 0.29) is 12.5 Å². The fourth-order valence-electron chi connectivity index (χ4n) is 3.65. The summed E-state index contributed by atoms with van der Waals surface area (Å²) in [7, 11) is -4.32. The van der Waals surface area contributed by atoms with Crippen molar-refractivity contribution in [2.24, 2.45) is 0 Å². The van der Waals surface area contributed by atoms with Crippen LogP contribution in [0.25, 0.3) is 0 Å². The largest absolute Gasteiger partial charge is 0.336 e. The van der Waals surface area contributed by atoms with Gasteiger partial charge < -0.3 is 10.6 Å². The monoisotopic (exact) mass is 482 g/mol. The molecule has 34 heavy (non-hydrogen) atoms. The quantitative estimate of drug-likeness (QED) is 0.459. The van der Waals surface area contributed by atoms with Crippen LogP contribution >= 0.6 is 0 Å². The highest BCUT2D eigenvalue weighted by molar-refractivity contribution is 7.89. The molecule has 176 valence electrons. The van der Waals surface area contributed by atoms with Crippen molar-refractivity contribution in [3.8, 4) is 0 Å². The van der Waals surface area contributed by atoms with Crippen molar-refractivity contribution in [2.45, 2.75) is 17.4 Å². The fraction of sp³-hybridized carbons (Fsp3) is 0.167. The van der Waals surface area contributed by atoms with E-state index in [2.05, 4.69) is 15.4 Å². The Hall–Kier alpha value is -3.76. The van der Waals surface area contributed by atoms with E-state index in [9.17, 15) is 22.4 Å². The minimum absolute atomic E-state index is 0.0502. The Morgan fingerprint density at radius 3 is 2.47 bits per heavy atom. The lowest BCUT2D eigenvalue weighted by Gasteiger charge is -2.20. The fourth-order valence-corrected chi connectivity index (χ4v) is 4.92. The topological polar surface area (TPSA) is 108 Å². The van der Waals surface area contributed by atoms with Crippen molar-refractivity contribution in [1.29, 1.82) is 0 Å². The standard InChI is InChI=1S/C24H23FN4O4S/c25-20-11-4-5-12-22(20)34(32,33)28-21(15-17-7-2-1-3-8-17)23(30)27-18-9-6-10-19(16-18)29-14-13-26-24(29)31/h1-12,16,21,28H,13-15H2,(H,26,31)(H,27,30). The Labute approximate surface area is 196 Å². The maximum absolute atomic E-state index is 14.2. The van der Waals surface area contributed by atoms with Crippen LogP contribution in [0, 0.1) is 5.82 Å². The van der Waals surface area contributed by atoms with E-state index in [1.165, 1.54) is 17.0 Å². The molecule has 3 N–H and O–H groups in total. The Bertz CT molecular complexity index is 1300. The molecule has 1 aliphatic heterocycles. The van der Waals surface area contributed by atoms with Gasteiger partial charge in [-0.3, -0.25) is 9.69 Å². The third kappa shape index (κ3) is 5.41. The highest BCUT2D eigenvalue weighted by Crippen LogP contribution is 2.22. The van der Waals surface area contributed by atoms with E-state index in [0.717, 1.165) is 17.7 Å². The molecule has 1 unspecified atom stereocenters. The van der Waals surface area contributed by atoms with Gasteiger partial charge in [-0.25, -0.2) is 17.6 Å². The van der Waals surface area contributed by atoms with Gasteiger partial charge in [0.05, 0.1) is 0 Å². The van der Waals surface area contributed by atoms with E-state index in [1.807, 2.05) is 6.07 Å². The molecule has 1 aliphatic rings. The Morgan fingerprint density at radius 2 is 1.76 bits per heavy atom. The van der Waals surface area contributed by atoms with Crippen molar-refractivity contribution >= 4 is 33.3 Å². The van der Waals surface area contributed by atoms with Crippen LogP contribution < -0.4 is 20.3 Å². The Morgan fingerprint density at radius 1 is 1.03 bits per heavy atom. The van der Waals surface area contributed by atoms with Gasteiger partial charge in [0.2, 0.25) is 15.9 Å². The second-order valence-corrected chi connectivity index (χ2v) is 9.40. The molecule has 0 saturated carbocycles. The van der Waals surface area contributed by atoms with Gasteiger partial charge in [0.25, 0.3) is 0 Å². The van der Waals surface area contributed by atoms with Gasteiger partial charge in [-0.15, -0.1) is 0 Å². The summed E-state index contributed by atoms with van der Waals surface area (Å²) in [6, 6.07) is 19.1. The molecule has 3 aromatic carbocycles. The Kier molecular flexibility index (Phi) is 6.90. The summed E-state index contributed by atoms with van der Waals surface area (Å²) in [5.41, 5.74) is 1.71. The molecule has 0 bridgehead atoms. The third-order valence-electron chi connectivity index (χ3n) is 5.30. The number of nitrogens with one attached hydrogen (secondary N) is 3. The van der Waals surface area contributed by atoms with Crippen molar-refractivity contribution in [1.82, 2.24) is 10.0 Å². The molecule has 1 saturated heterocycles. The summed E-state index contributed by atoms with van der Waals surface area (Å²) in [4.78, 5) is 26.1. The normalized spacial score (nSPS) is 14.5. The lowest BCUT2D eigenvalue weighted by atomic mass is 10.1. The molecule has 4 rings (SSSR count). The lowest BCUT2D eigenvalue weighted by Crippen LogP contribution is -2.45. The number of anilines is 2. The first kappa shape index (κ1) is 23.4. The number of sulfonamides is 1. The number of benzene rings is 3. The number of carbonyl (C=O) groups is 2. The minimum Gasteiger partial charge on any atom is -0.336 e. The number of urea groups is 1. The SMILES string of the molecule is O=C(Nc1cccc(N2CCNC2=O)c1)C(Cc1ccccc1)NS(=O)(=O)c1ccccc1F. The van der Waals surface area contributed by atoms with Crippen LogP contribution in [0.2, 0.25) is 0 Å². The van der Waals surface area contributed by atoms with Crippen molar-refractivity contribution in [3.05, 3.63) is 90.2 Å². The molecule has 1 fully saturated rings. The molecule has 0 aliphatic carbocycles. The van der Waals surface area contributed by atoms with Crippen LogP contribution in [0.15, 0.2) is 83.8 Å². The molecule has 3 amide bonds. The lowest BCUT2D eigenvalue weighted by molar-refractivity contribution is -0.117. The summed E-state index contributed by atoms with van der Waals surface area (Å²) in [6.07, 6.45) is 0.0502. The van der Waals surface area contributed by atoms with E-state index in [4.69, 9.17) is 0 Å². The van der Waals surface area contributed by atoms with E-state index >= 15 is 0 Å². The Balaban J connectivity index is 1.58. The molecule has 0 spiro atoms. The highest BCUT2D eigenvalue weighted by Gasteiger charge is 2.28. The van der Waals surface area contributed by atoms with E-state index < -0.39 is 32.7 Å². The summed E-state index contributed by atoms with van der Waals surface area (Å²) < 4.78 is 42.3. The van der Waals surface area contributed by atoms with Crippen molar-refractivity contribution < 1.29 is 22.4 Å². The van der Waals surface area contributed by atoms with Crippen molar-refractivity contribution in [2.75, 3.05) is 23.3 Å². The summed E-state index contributed by atoms with van der Waals surface area (Å²) in [5, 5.41) is 5.42. The molecular weight excluding hydrogens is 459 g/mol. The molecule has 0 radical (unpaired) electrons.